The number of carboxylic acids is 1. The molecule has 2 N–H and O–H groups in total. The third-order valence-electron chi connectivity index (χ3n) is 3.53. The lowest BCUT2D eigenvalue weighted by molar-refractivity contribution is -0.389. The Bertz CT molecular complexity index is 848. The third-order valence-corrected chi connectivity index (χ3v) is 3.53. The molecule has 132 valence electrons. The molecule has 10 heteroatoms. The summed E-state index contributed by atoms with van der Waals surface area (Å²) in [5.41, 5.74) is 0.465. The number of carboxylic acid groups (broad SMARTS) is 1. The maximum absolute atomic E-state index is 13.3. The molecule has 1 heterocycles. The lowest BCUT2D eigenvalue weighted by atomic mass is 10.0. The molecule has 1 aromatic heterocycles. The highest BCUT2D eigenvalue weighted by Crippen LogP contribution is 2.17. The fourth-order valence-electron chi connectivity index (χ4n) is 2.24. The molecule has 0 aliphatic carbocycles. The summed E-state index contributed by atoms with van der Waals surface area (Å²) in [5.74, 6) is -2.64. The van der Waals surface area contributed by atoms with E-state index in [0.717, 1.165) is 12.3 Å². The van der Waals surface area contributed by atoms with E-state index in [2.05, 4.69) is 10.3 Å². The summed E-state index contributed by atoms with van der Waals surface area (Å²) in [4.78, 5) is 37.2. The number of nitro groups is 1. The minimum atomic E-state index is -1.37. The van der Waals surface area contributed by atoms with Crippen molar-refractivity contribution in [2.24, 2.45) is 0 Å². The first-order valence-corrected chi connectivity index (χ1v) is 7.15. The smallest absolute Gasteiger partial charge is 0.381 e. The SMILES string of the molecule is Cc1cc(C(NC(=O)Cn2cc([N+](=O)[O-])nc2C)C(=O)O)ccc1F. The van der Waals surface area contributed by atoms with Crippen molar-refractivity contribution in [1.29, 1.82) is 0 Å². The van der Waals surface area contributed by atoms with E-state index in [0.29, 0.717) is 0 Å². The maximum Gasteiger partial charge on any atom is 0.381 e. The fourth-order valence-corrected chi connectivity index (χ4v) is 2.24. The average molecular weight is 350 g/mol. The normalized spacial score (nSPS) is 11.8. The van der Waals surface area contributed by atoms with Crippen molar-refractivity contribution in [3.8, 4) is 0 Å². The van der Waals surface area contributed by atoms with Crippen LogP contribution >= 0.6 is 0 Å². The largest absolute Gasteiger partial charge is 0.479 e. The summed E-state index contributed by atoms with van der Waals surface area (Å²) in [7, 11) is 0. The van der Waals surface area contributed by atoms with Gasteiger partial charge in [0.25, 0.3) is 0 Å². The molecule has 0 saturated carbocycles. The number of carbonyl (C=O) groups is 2. The number of benzene rings is 1. The highest BCUT2D eigenvalue weighted by molar-refractivity contribution is 5.84. The van der Waals surface area contributed by atoms with Crippen molar-refractivity contribution < 1.29 is 24.0 Å². The molecule has 1 unspecified atom stereocenters. The predicted octanol–water partition coefficient (Wildman–Crippen LogP) is 1.49. The molecule has 2 rings (SSSR count). The molecular formula is C15H15FN4O5. The van der Waals surface area contributed by atoms with Crippen LogP contribution in [0.3, 0.4) is 0 Å². The van der Waals surface area contributed by atoms with Gasteiger partial charge in [-0.15, -0.1) is 0 Å². The summed E-state index contributed by atoms with van der Waals surface area (Å²) in [6.45, 7) is 2.63. The maximum atomic E-state index is 13.3. The number of aliphatic carboxylic acids is 1. The van der Waals surface area contributed by atoms with E-state index in [4.69, 9.17) is 0 Å². The molecule has 0 spiro atoms. The van der Waals surface area contributed by atoms with Gasteiger partial charge in [0.1, 0.15) is 18.6 Å². The third kappa shape index (κ3) is 4.16. The number of nitrogens with zero attached hydrogens (tertiary/aromatic N) is 3. The Hall–Kier alpha value is -3.30. The van der Waals surface area contributed by atoms with Gasteiger partial charge in [-0.1, -0.05) is 12.1 Å². The van der Waals surface area contributed by atoms with Crippen molar-refractivity contribution in [1.82, 2.24) is 14.9 Å². The van der Waals surface area contributed by atoms with Gasteiger partial charge in [-0.05, 0) is 34.0 Å². The predicted molar refractivity (Wildman–Crippen MR) is 83.3 cm³/mol. The number of halogens is 1. The van der Waals surface area contributed by atoms with E-state index < -0.39 is 34.5 Å². The Morgan fingerprint density at radius 2 is 2.12 bits per heavy atom. The van der Waals surface area contributed by atoms with Crippen LogP contribution in [0, 0.1) is 29.8 Å². The topological polar surface area (TPSA) is 127 Å². The number of hydrogen-bond acceptors (Lipinski definition) is 5. The van der Waals surface area contributed by atoms with Crippen LogP contribution < -0.4 is 5.32 Å². The summed E-state index contributed by atoms with van der Waals surface area (Å²) >= 11 is 0. The molecule has 0 fully saturated rings. The van der Waals surface area contributed by atoms with Crippen LogP contribution in [-0.2, 0) is 16.1 Å². The second kappa shape index (κ2) is 7.07. The zero-order valence-corrected chi connectivity index (χ0v) is 13.4. The molecule has 1 aromatic carbocycles. The van der Waals surface area contributed by atoms with Crippen LogP contribution in [0.25, 0.3) is 0 Å². The van der Waals surface area contributed by atoms with Crippen LogP contribution in [0.2, 0.25) is 0 Å². The number of carbonyl (C=O) groups excluding carboxylic acids is 1. The fraction of sp³-hybridized carbons (Fsp3) is 0.267. The molecule has 0 bridgehead atoms. The monoisotopic (exact) mass is 350 g/mol. The van der Waals surface area contributed by atoms with Crippen molar-refractivity contribution in [2.45, 2.75) is 26.4 Å². The van der Waals surface area contributed by atoms with Crippen LogP contribution in [0.5, 0.6) is 0 Å². The molecule has 1 atom stereocenters. The standard InChI is InChI=1S/C15H15FN4O5/c1-8-5-10(3-4-11(8)16)14(15(22)23)18-13(21)7-19-6-12(20(24)25)17-9(19)2/h3-6,14H,7H2,1-2H3,(H,18,21)(H,22,23). The Morgan fingerprint density at radius 3 is 2.64 bits per heavy atom. The highest BCUT2D eigenvalue weighted by atomic mass is 19.1. The van der Waals surface area contributed by atoms with E-state index in [1.165, 1.54) is 30.5 Å². The van der Waals surface area contributed by atoms with Crippen molar-refractivity contribution in [3.05, 3.63) is 57.3 Å². The minimum absolute atomic E-state index is 0.216. The van der Waals surface area contributed by atoms with E-state index in [1.807, 2.05) is 0 Å². The van der Waals surface area contributed by atoms with Gasteiger partial charge in [-0.25, -0.2) is 9.18 Å². The molecule has 0 aliphatic rings. The Morgan fingerprint density at radius 1 is 1.44 bits per heavy atom. The molecular weight excluding hydrogens is 335 g/mol. The lowest BCUT2D eigenvalue weighted by Crippen LogP contribution is -2.36. The van der Waals surface area contributed by atoms with Crippen molar-refractivity contribution >= 4 is 17.7 Å². The average Bonchev–Trinajstić information content (AvgIpc) is 2.89. The summed E-state index contributed by atoms with van der Waals surface area (Å²) < 4.78 is 14.6. The zero-order chi connectivity index (χ0) is 18.7. The van der Waals surface area contributed by atoms with Crippen LogP contribution in [0.4, 0.5) is 10.2 Å². The van der Waals surface area contributed by atoms with Crippen LogP contribution in [0.15, 0.2) is 24.4 Å². The highest BCUT2D eigenvalue weighted by Gasteiger charge is 2.24. The molecule has 0 radical (unpaired) electrons. The van der Waals surface area contributed by atoms with Crippen LogP contribution in [-0.4, -0.2) is 31.5 Å². The molecule has 0 aliphatic heterocycles. The molecule has 0 saturated heterocycles. The number of imidazole rings is 1. The van der Waals surface area contributed by atoms with Gasteiger partial charge >= 0.3 is 11.8 Å². The van der Waals surface area contributed by atoms with E-state index in [9.17, 15) is 29.2 Å². The minimum Gasteiger partial charge on any atom is -0.479 e. The molecule has 1 amide bonds. The Balaban J connectivity index is 2.17. The van der Waals surface area contributed by atoms with Gasteiger partial charge in [0.05, 0.1) is 0 Å². The van der Waals surface area contributed by atoms with Gasteiger partial charge in [-0.3, -0.25) is 9.36 Å². The number of rotatable bonds is 6. The number of nitrogens with one attached hydrogen (secondary N) is 1. The number of hydrogen-bond donors (Lipinski definition) is 2. The van der Waals surface area contributed by atoms with Gasteiger partial charge in [0.2, 0.25) is 11.7 Å². The number of amides is 1. The molecule has 2 aromatic rings. The van der Waals surface area contributed by atoms with Gasteiger partial charge in [0, 0.05) is 6.92 Å². The summed E-state index contributed by atoms with van der Waals surface area (Å²) in [6.07, 6.45) is 1.09. The number of aryl methyl sites for hydroxylation is 2. The van der Waals surface area contributed by atoms with Gasteiger partial charge in [0.15, 0.2) is 6.04 Å². The van der Waals surface area contributed by atoms with Crippen molar-refractivity contribution in [2.75, 3.05) is 0 Å². The Labute approximate surface area is 141 Å². The first kappa shape index (κ1) is 18.0. The Kier molecular flexibility index (Phi) is 5.11. The zero-order valence-electron chi connectivity index (χ0n) is 13.4. The number of aromatic nitrogens is 2. The summed E-state index contributed by atoms with van der Waals surface area (Å²) in [6, 6.07) is 2.36. The second-order valence-electron chi connectivity index (χ2n) is 5.38. The molecule has 25 heavy (non-hydrogen) atoms. The second-order valence-corrected chi connectivity index (χ2v) is 5.38. The lowest BCUT2D eigenvalue weighted by Gasteiger charge is -2.16. The van der Waals surface area contributed by atoms with E-state index in [-0.39, 0.29) is 23.5 Å². The van der Waals surface area contributed by atoms with E-state index >= 15 is 0 Å². The molecule has 9 nitrogen and oxygen atoms in total. The first-order valence-electron chi connectivity index (χ1n) is 7.15. The van der Waals surface area contributed by atoms with Gasteiger partial charge < -0.3 is 20.5 Å². The van der Waals surface area contributed by atoms with Crippen LogP contribution in [0.1, 0.15) is 23.0 Å². The van der Waals surface area contributed by atoms with E-state index in [1.54, 1.807) is 0 Å². The first-order chi connectivity index (χ1) is 11.7. The summed E-state index contributed by atoms with van der Waals surface area (Å²) in [5, 5.41) is 22.3. The van der Waals surface area contributed by atoms with Crippen molar-refractivity contribution in [3.63, 3.8) is 0 Å². The van der Waals surface area contributed by atoms with Gasteiger partial charge in [-0.2, -0.15) is 0 Å². The quantitative estimate of drug-likeness (QED) is 0.600.